The van der Waals surface area contributed by atoms with E-state index in [9.17, 15) is 4.79 Å². The minimum absolute atomic E-state index is 0.00380. The number of carbonyl (C=O) groups is 1. The quantitative estimate of drug-likeness (QED) is 0.619. The Morgan fingerprint density at radius 1 is 1.09 bits per heavy atom. The lowest BCUT2D eigenvalue weighted by atomic mass is 9.64. The van der Waals surface area contributed by atoms with Gasteiger partial charge in [-0.2, -0.15) is 0 Å². The van der Waals surface area contributed by atoms with E-state index < -0.39 is 5.41 Å². The highest BCUT2D eigenvalue weighted by molar-refractivity contribution is 5.91. The van der Waals surface area contributed by atoms with Gasteiger partial charge in [-0.1, -0.05) is 72.7 Å². The van der Waals surface area contributed by atoms with Crippen molar-refractivity contribution in [1.82, 2.24) is 4.90 Å². The number of nitrogens with two attached hydrogens (primary N) is 1. The number of amides is 1. The number of fused-ring (bicyclic) bond motifs is 1. The molecule has 164 valence electrons. The topological polar surface area (TPSA) is 55.6 Å². The van der Waals surface area contributed by atoms with Crippen LogP contribution in [0.2, 0.25) is 0 Å². The van der Waals surface area contributed by atoms with Gasteiger partial charge in [0.25, 0.3) is 0 Å². The molecule has 0 radical (unpaired) electrons. The van der Waals surface area contributed by atoms with E-state index in [0.29, 0.717) is 49.9 Å². The number of ether oxygens (including phenoxy) is 1. The van der Waals surface area contributed by atoms with Crippen molar-refractivity contribution in [2.75, 3.05) is 26.2 Å². The first kappa shape index (κ1) is 17.4. The maximum Gasteiger partial charge on any atom is 0.232 e. The predicted octanol–water partition coefficient (Wildman–Crippen LogP) is 3.96. The van der Waals surface area contributed by atoms with Gasteiger partial charge in [0.1, 0.15) is 11.2 Å². The SMILES string of the molecule is [2H]c1c([2H])c2c(c([2H])c1CCN1CC[C@@H](C(C(N)=O)(c3ccccc3)c3ccccc3)C1)CCO2. The van der Waals surface area contributed by atoms with Gasteiger partial charge in [-0.15, -0.1) is 0 Å². The largest absolute Gasteiger partial charge is 0.493 e. The molecule has 0 aliphatic carbocycles. The summed E-state index contributed by atoms with van der Waals surface area (Å²) in [6.45, 7) is 2.63. The molecule has 0 spiro atoms. The third-order valence-electron chi connectivity index (χ3n) is 6.91. The molecule has 32 heavy (non-hydrogen) atoms. The molecular formula is C28H30N2O2. The van der Waals surface area contributed by atoms with Gasteiger partial charge in [-0.3, -0.25) is 4.79 Å². The number of carbonyl (C=O) groups excluding carboxylic acids is 1. The van der Waals surface area contributed by atoms with Gasteiger partial charge in [0, 0.05) is 19.5 Å². The molecule has 4 heteroatoms. The molecule has 3 aromatic carbocycles. The minimum Gasteiger partial charge on any atom is -0.493 e. The Morgan fingerprint density at radius 3 is 2.44 bits per heavy atom. The zero-order valence-electron chi connectivity index (χ0n) is 21.1. The third kappa shape index (κ3) is 3.69. The highest BCUT2D eigenvalue weighted by Gasteiger charge is 2.49. The lowest BCUT2D eigenvalue weighted by Gasteiger charge is -2.37. The first-order valence-electron chi connectivity index (χ1n) is 12.8. The fourth-order valence-electron chi connectivity index (χ4n) is 5.34. The molecule has 2 aliphatic heterocycles. The summed E-state index contributed by atoms with van der Waals surface area (Å²) in [5, 5.41) is 0. The predicted molar refractivity (Wildman–Crippen MR) is 127 cm³/mol. The van der Waals surface area contributed by atoms with Gasteiger partial charge in [0.05, 0.1) is 10.7 Å². The zero-order valence-corrected chi connectivity index (χ0v) is 18.1. The van der Waals surface area contributed by atoms with E-state index >= 15 is 0 Å². The molecule has 1 fully saturated rings. The Morgan fingerprint density at radius 2 is 1.78 bits per heavy atom. The minimum atomic E-state index is -0.933. The second-order valence-corrected chi connectivity index (χ2v) is 8.70. The zero-order chi connectivity index (χ0) is 24.6. The van der Waals surface area contributed by atoms with Crippen molar-refractivity contribution >= 4 is 5.91 Å². The Kier molecular flexibility index (Phi) is 4.79. The Hall–Kier alpha value is -3.11. The molecule has 0 saturated carbocycles. The molecule has 0 unspecified atom stereocenters. The number of hydrogen-bond donors (Lipinski definition) is 1. The summed E-state index contributed by atoms with van der Waals surface area (Å²) in [6.07, 6.45) is 1.95. The van der Waals surface area contributed by atoms with E-state index in [2.05, 4.69) is 4.90 Å². The monoisotopic (exact) mass is 429 g/mol. The molecule has 2 heterocycles. The van der Waals surface area contributed by atoms with Crippen LogP contribution in [-0.2, 0) is 23.1 Å². The van der Waals surface area contributed by atoms with Gasteiger partial charge in [-0.05, 0) is 53.6 Å². The third-order valence-corrected chi connectivity index (χ3v) is 6.91. The van der Waals surface area contributed by atoms with Crippen LogP contribution in [0.15, 0.2) is 78.8 Å². The van der Waals surface area contributed by atoms with Crippen LogP contribution in [-0.4, -0.2) is 37.0 Å². The molecule has 2 N–H and O–H groups in total. The van der Waals surface area contributed by atoms with Crippen LogP contribution < -0.4 is 10.5 Å². The van der Waals surface area contributed by atoms with Gasteiger partial charge >= 0.3 is 0 Å². The van der Waals surface area contributed by atoms with E-state index in [1.54, 1.807) is 0 Å². The van der Waals surface area contributed by atoms with Crippen molar-refractivity contribution in [3.05, 3.63) is 101 Å². The van der Waals surface area contributed by atoms with Crippen molar-refractivity contribution in [3.63, 3.8) is 0 Å². The number of benzene rings is 3. The van der Waals surface area contributed by atoms with Crippen LogP contribution in [0.25, 0.3) is 0 Å². The van der Waals surface area contributed by atoms with E-state index in [4.69, 9.17) is 14.6 Å². The summed E-state index contributed by atoms with van der Waals surface area (Å²) in [7, 11) is 0. The molecule has 1 amide bonds. The molecule has 2 aliphatic rings. The fraction of sp³-hybridized carbons (Fsp3) is 0.321. The van der Waals surface area contributed by atoms with Gasteiger partial charge in [-0.25, -0.2) is 0 Å². The normalized spacial score (nSPS) is 19.6. The molecule has 4 nitrogen and oxygen atoms in total. The molecule has 0 bridgehead atoms. The van der Waals surface area contributed by atoms with Crippen molar-refractivity contribution in [1.29, 1.82) is 0 Å². The lowest BCUT2D eigenvalue weighted by Crippen LogP contribution is -2.49. The number of rotatable bonds is 7. The van der Waals surface area contributed by atoms with Crippen LogP contribution in [0.1, 0.15) is 32.8 Å². The number of primary amides is 1. The van der Waals surface area contributed by atoms with E-state index in [1.807, 2.05) is 60.7 Å². The smallest absolute Gasteiger partial charge is 0.232 e. The van der Waals surface area contributed by atoms with Crippen molar-refractivity contribution in [3.8, 4) is 5.75 Å². The van der Waals surface area contributed by atoms with Crippen LogP contribution in [0.5, 0.6) is 5.75 Å². The average Bonchev–Trinajstić information content (AvgIpc) is 3.55. The number of likely N-dealkylation sites (tertiary alicyclic amines) is 1. The second kappa shape index (κ2) is 8.79. The number of hydrogen-bond acceptors (Lipinski definition) is 3. The second-order valence-electron chi connectivity index (χ2n) is 8.70. The van der Waals surface area contributed by atoms with E-state index in [0.717, 1.165) is 29.7 Å². The maximum absolute atomic E-state index is 13.3. The summed E-state index contributed by atoms with van der Waals surface area (Å²) in [5.74, 6) is 0.0546. The van der Waals surface area contributed by atoms with Crippen LogP contribution in [0, 0.1) is 5.92 Å². The van der Waals surface area contributed by atoms with E-state index in [1.165, 1.54) is 0 Å². The Bertz CT molecular complexity index is 1190. The summed E-state index contributed by atoms with van der Waals surface area (Å²) in [4.78, 5) is 15.5. The molecular weight excluding hydrogens is 396 g/mol. The van der Waals surface area contributed by atoms with E-state index in [-0.39, 0.29) is 23.9 Å². The van der Waals surface area contributed by atoms with Crippen LogP contribution in [0.3, 0.4) is 0 Å². The molecule has 0 aromatic heterocycles. The summed E-state index contributed by atoms with van der Waals surface area (Å²) >= 11 is 0. The van der Waals surface area contributed by atoms with Crippen molar-refractivity contribution in [2.45, 2.75) is 24.7 Å². The first-order valence-corrected chi connectivity index (χ1v) is 11.3. The van der Waals surface area contributed by atoms with Gasteiger partial charge in [0.2, 0.25) is 5.91 Å². The lowest BCUT2D eigenvalue weighted by molar-refractivity contribution is -0.123. The van der Waals surface area contributed by atoms with Gasteiger partial charge in [0.15, 0.2) is 0 Å². The molecule has 3 aromatic rings. The highest BCUT2D eigenvalue weighted by Crippen LogP contribution is 2.43. The molecule has 1 atom stereocenters. The summed E-state index contributed by atoms with van der Waals surface area (Å²) < 4.78 is 30.8. The molecule has 5 rings (SSSR count). The van der Waals surface area contributed by atoms with Gasteiger partial charge < -0.3 is 15.4 Å². The molecule has 1 saturated heterocycles. The van der Waals surface area contributed by atoms with Crippen molar-refractivity contribution in [2.24, 2.45) is 11.7 Å². The number of nitrogens with zero attached hydrogens (tertiary/aromatic N) is 1. The van der Waals surface area contributed by atoms with Crippen LogP contribution >= 0.6 is 0 Å². The maximum atomic E-state index is 13.3. The first-order chi connectivity index (χ1) is 16.9. The standard InChI is InChI=1S/C28H30N2O2/c29-27(31)28(23-7-3-1-4-8-23,24-9-5-2-6-10-24)25-14-17-30(20-25)16-13-21-11-12-26-22(19-21)15-18-32-26/h1-12,19,25H,13-18,20H2,(H2,29,31)/t25-/m1/s1/i11D,12D,19D. The fourth-order valence-corrected chi connectivity index (χ4v) is 5.34. The highest BCUT2D eigenvalue weighted by atomic mass is 16.5. The van der Waals surface area contributed by atoms with Crippen LogP contribution in [0.4, 0.5) is 0 Å². The summed E-state index contributed by atoms with van der Waals surface area (Å²) in [5.41, 5.74) is 8.43. The Labute approximate surface area is 194 Å². The Balaban J connectivity index is 1.42. The van der Waals surface area contributed by atoms with Crippen molar-refractivity contribution < 1.29 is 13.6 Å². The average molecular weight is 430 g/mol. The summed E-state index contributed by atoms with van der Waals surface area (Å²) in [6, 6.07) is 20.2.